The summed E-state index contributed by atoms with van der Waals surface area (Å²) >= 11 is 12.3. The third-order valence-electron chi connectivity index (χ3n) is 6.76. The van der Waals surface area contributed by atoms with E-state index in [0.717, 1.165) is 19.2 Å². The SMILES string of the molecule is COc1ccc(C(=O)N(C)C2CN(C(=O)c3cccc(C#N)c3)CC2c2ccc(Cl)c(Cl)c2)cc1C(F)(F)F. The predicted molar refractivity (Wildman–Crippen MR) is 140 cm³/mol. The number of rotatable bonds is 5. The van der Waals surface area contributed by atoms with Gasteiger partial charge in [-0.25, -0.2) is 0 Å². The fourth-order valence-corrected chi connectivity index (χ4v) is 5.04. The molecule has 1 heterocycles. The maximum atomic E-state index is 13.6. The van der Waals surface area contributed by atoms with E-state index in [2.05, 4.69) is 0 Å². The number of likely N-dealkylation sites (tertiary alicyclic amines) is 1. The Kier molecular flexibility index (Phi) is 8.09. The van der Waals surface area contributed by atoms with Crippen LogP contribution < -0.4 is 4.74 Å². The number of nitriles is 1. The minimum absolute atomic E-state index is 0.102. The maximum absolute atomic E-state index is 13.6. The van der Waals surface area contributed by atoms with E-state index in [1.165, 1.54) is 24.1 Å². The summed E-state index contributed by atoms with van der Waals surface area (Å²) in [6.07, 6.45) is -4.72. The third-order valence-corrected chi connectivity index (χ3v) is 7.50. The van der Waals surface area contributed by atoms with E-state index in [0.29, 0.717) is 26.7 Å². The van der Waals surface area contributed by atoms with E-state index in [1.54, 1.807) is 41.3 Å². The number of carbonyl (C=O) groups is 2. The lowest BCUT2D eigenvalue weighted by Gasteiger charge is -2.29. The average Bonchev–Trinajstić information content (AvgIpc) is 3.38. The summed E-state index contributed by atoms with van der Waals surface area (Å²) in [6.45, 7) is 0.303. The lowest BCUT2D eigenvalue weighted by atomic mass is 9.93. The molecule has 11 heteroatoms. The van der Waals surface area contributed by atoms with Gasteiger partial charge in [-0.3, -0.25) is 9.59 Å². The molecule has 4 rings (SSSR count). The zero-order chi connectivity index (χ0) is 28.5. The molecule has 3 aromatic rings. The Bertz CT molecular complexity index is 1470. The Labute approximate surface area is 233 Å². The number of carbonyl (C=O) groups excluding carboxylic acids is 2. The lowest BCUT2D eigenvalue weighted by Crippen LogP contribution is -2.42. The summed E-state index contributed by atoms with van der Waals surface area (Å²) in [6, 6.07) is 15.8. The van der Waals surface area contributed by atoms with Crippen molar-refractivity contribution in [1.82, 2.24) is 9.80 Å². The van der Waals surface area contributed by atoms with E-state index in [4.69, 9.17) is 27.9 Å². The molecule has 0 aromatic heterocycles. The number of likely N-dealkylation sites (N-methyl/N-ethyl adjacent to an activating group) is 1. The number of amides is 2. The van der Waals surface area contributed by atoms with E-state index in [1.807, 2.05) is 6.07 Å². The second-order valence-electron chi connectivity index (χ2n) is 9.08. The zero-order valence-electron chi connectivity index (χ0n) is 20.8. The van der Waals surface area contributed by atoms with Crippen molar-refractivity contribution in [2.75, 3.05) is 27.2 Å². The first-order valence-electron chi connectivity index (χ1n) is 11.7. The second-order valence-corrected chi connectivity index (χ2v) is 9.89. The van der Waals surface area contributed by atoms with Crippen LogP contribution in [-0.4, -0.2) is 54.9 Å². The van der Waals surface area contributed by atoms with E-state index >= 15 is 0 Å². The molecule has 0 radical (unpaired) electrons. The van der Waals surface area contributed by atoms with Crippen LogP contribution in [0.3, 0.4) is 0 Å². The van der Waals surface area contributed by atoms with Crippen molar-refractivity contribution in [2.24, 2.45) is 0 Å². The van der Waals surface area contributed by atoms with Crippen LogP contribution in [0, 0.1) is 11.3 Å². The molecule has 1 aliphatic rings. The third kappa shape index (κ3) is 5.82. The Morgan fingerprint density at radius 3 is 2.41 bits per heavy atom. The number of nitrogens with zero attached hydrogens (tertiary/aromatic N) is 3. The summed E-state index contributed by atoms with van der Waals surface area (Å²) in [7, 11) is 2.61. The Morgan fingerprint density at radius 2 is 1.77 bits per heavy atom. The number of methoxy groups -OCH3 is 1. The lowest BCUT2D eigenvalue weighted by molar-refractivity contribution is -0.138. The molecule has 2 unspecified atom stereocenters. The first-order chi connectivity index (χ1) is 18.4. The number of ether oxygens (including phenoxy) is 1. The topological polar surface area (TPSA) is 73.6 Å². The molecule has 3 aromatic carbocycles. The monoisotopic (exact) mass is 575 g/mol. The molecule has 1 fully saturated rings. The van der Waals surface area contributed by atoms with Gasteiger partial charge >= 0.3 is 6.18 Å². The molecule has 0 bridgehead atoms. The Balaban J connectivity index is 1.70. The number of hydrogen-bond donors (Lipinski definition) is 0. The average molecular weight is 576 g/mol. The van der Waals surface area contributed by atoms with Gasteiger partial charge in [0.2, 0.25) is 0 Å². The summed E-state index contributed by atoms with van der Waals surface area (Å²) < 4.78 is 45.6. The number of benzene rings is 3. The molecule has 0 saturated carbocycles. The van der Waals surface area contributed by atoms with E-state index < -0.39 is 35.4 Å². The van der Waals surface area contributed by atoms with Gasteiger partial charge in [-0.05, 0) is 54.1 Å². The van der Waals surface area contributed by atoms with Gasteiger partial charge in [0, 0.05) is 37.2 Å². The van der Waals surface area contributed by atoms with E-state index in [-0.39, 0.29) is 24.6 Å². The maximum Gasteiger partial charge on any atom is 0.419 e. The number of hydrogen-bond acceptors (Lipinski definition) is 4. The largest absolute Gasteiger partial charge is 0.496 e. The summed E-state index contributed by atoms with van der Waals surface area (Å²) in [4.78, 5) is 29.7. The molecule has 2 amide bonds. The van der Waals surface area contributed by atoms with Gasteiger partial charge in [0.05, 0.1) is 40.4 Å². The molecular weight excluding hydrogens is 554 g/mol. The Hall–Kier alpha value is -3.74. The van der Waals surface area contributed by atoms with E-state index in [9.17, 15) is 28.0 Å². The van der Waals surface area contributed by atoms with Crippen molar-refractivity contribution in [3.63, 3.8) is 0 Å². The molecule has 2 atom stereocenters. The van der Waals surface area contributed by atoms with Crippen LogP contribution in [0.5, 0.6) is 5.75 Å². The van der Waals surface area contributed by atoms with Gasteiger partial charge in [0.15, 0.2) is 0 Å². The summed E-state index contributed by atoms with van der Waals surface area (Å²) in [5.41, 5.74) is 0.100. The van der Waals surface area contributed by atoms with Gasteiger partial charge in [-0.2, -0.15) is 18.4 Å². The highest BCUT2D eigenvalue weighted by atomic mass is 35.5. The van der Waals surface area contributed by atoms with Crippen LogP contribution in [0.15, 0.2) is 60.7 Å². The fraction of sp³-hybridized carbons (Fsp3) is 0.250. The highest BCUT2D eigenvalue weighted by Crippen LogP contribution is 2.38. The fourth-order valence-electron chi connectivity index (χ4n) is 4.74. The van der Waals surface area contributed by atoms with Gasteiger partial charge in [-0.1, -0.05) is 35.3 Å². The summed E-state index contributed by atoms with van der Waals surface area (Å²) in [5, 5.41) is 9.84. The molecule has 39 heavy (non-hydrogen) atoms. The van der Waals surface area contributed by atoms with Crippen molar-refractivity contribution in [3.8, 4) is 11.8 Å². The molecule has 0 aliphatic carbocycles. The minimum atomic E-state index is -4.72. The molecule has 1 aliphatic heterocycles. The first-order valence-corrected chi connectivity index (χ1v) is 12.5. The van der Waals surface area contributed by atoms with Crippen LogP contribution >= 0.6 is 23.2 Å². The first kappa shape index (κ1) is 28.3. The normalized spacial score (nSPS) is 17.0. The van der Waals surface area contributed by atoms with Crippen molar-refractivity contribution < 1.29 is 27.5 Å². The van der Waals surface area contributed by atoms with Crippen LogP contribution in [0.4, 0.5) is 13.2 Å². The molecule has 6 nitrogen and oxygen atoms in total. The standard InChI is InChI=1S/C28H22Cl2F3N3O3/c1-35(26(37)19-7-9-25(39-2)21(11-19)28(31,32)33)24-15-36(27(38)18-5-3-4-16(10-18)13-34)14-20(24)17-6-8-22(29)23(30)12-17/h3-12,20,24H,14-15H2,1-2H3. The predicted octanol–water partition coefficient (Wildman–Crippen LogP) is 6.27. The molecular formula is C28H22Cl2F3N3O3. The number of halogens is 5. The molecule has 0 N–H and O–H groups in total. The zero-order valence-corrected chi connectivity index (χ0v) is 22.3. The Morgan fingerprint density at radius 1 is 1.03 bits per heavy atom. The molecule has 0 spiro atoms. The van der Waals surface area contributed by atoms with Gasteiger partial charge in [0.25, 0.3) is 11.8 Å². The second kappa shape index (κ2) is 11.2. The smallest absolute Gasteiger partial charge is 0.419 e. The van der Waals surface area contributed by atoms with Crippen molar-refractivity contribution in [3.05, 3.63) is 98.5 Å². The molecule has 202 valence electrons. The quantitative estimate of drug-likeness (QED) is 0.359. The van der Waals surface area contributed by atoms with Gasteiger partial charge in [0.1, 0.15) is 5.75 Å². The van der Waals surface area contributed by atoms with Crippen LogP contribution in [0.1, 0.15) is 43.3 Å². The van der Waals surface area contributed by atoms with Gasteiger partial charge < -0.3 is 14.5 Å². The summed E-state index contributed by atoms with van der Waals surface area (Å²) in [5.74, 6) is -1.81. The van der Waals surface area contributed by atoms with Crippen LogP contribution in [0.2, 0.25) is 10.0 Å². The van der Waals surface area contributed by atoms with Crippen LogP contribution in [-0.2, 0) is 6.18 Å². The molecule has 1 saturated heterocycles. The van der Waals surface area contributed by atoms with Crippen molar-refractivity contribution in [1.29, 1.82) is 5.26 Å². The van der Waals surface area contributed by atoms with Crippen molar-refractivity contribution >= 4 is 35.0 Å². The highest BCUT2D eigenvalue weighted by Gasteiger charge is 2.41. The van der Waals surface area contributed by atoms with Crippen molar-refractivity contribution in [2.45, 2.75) is 18.1 Å². The highest BCUT2D eigenvalue weighted by molar-refractivity contribution is 6.42. The van der Waals surface area contributed by atoms with Crippen LogP contribution in [0.25, 0.3) is 0 Å². The minimum Gasteiger partial charge on any atom is -0.496 e. The number of alkyl halides is 3. The van der Waals surface area contributed by atoms with Gasteiger partial charge in [-0.15, -0.1) is 0 Å².